The maximum absolute atomic E-state index is 12.9. The van der Waals surface area contributed by atoms with Gasteiger partial charge in [-0.2, -0.15) is 0 Å². The van der Waals surface area contributed by atoms with E-state index in [2.05, 4.69) is 4.74 Å². The first-order chi connectivity index (χ1) is 16.7. The molecule has 1 spiro atoms. The summed E-state index contributed by atoms with van der Waals surface area (Å²) in [6.07, 6.45) is -2.21. The third kappa shape index (κ3) is 6.26. The SMILES string of the molecule is COc1cccc(CC(=O)N2CCC3(CC2)CCN(C(=O)Cc2ccccc2OC(F)(F)F)C3)c1. The smallest absolute Gasteiger partial charge is 0.497 e. The molecule has 2 aliphatic rings. The average molecular weight is 491 g/mol. The molecule has 2 aromatic rings. The van der Waals surface area contributed by atoms with Gasteiger partial charge in [0.25, 0.3) is 0 Å². The van der Waals surface area contributed by atoms with Gasteiger partial charge in [0.2, 0.25) is 11.8 Å². The predicted molar refractivity (Wildman–Crippen MR) is 123 cm³/mol. The summed E-state index contributed by atoms with van der Waals surface area (Å²) < 4.78 is 47.4. The molecule has 0 aromatic heterocycles. The quantitative estimate of drug-likeness (QED) is 0.609. The van der Waals surface area contributed by atoms with Crippen molar-refractivity contribution in [2.45, 2.75) is 38.5 Å². The molecule has 0 aliphatic carbocycles. The number of piperidine rings is 1. The first-order valence-electron chi connectivity index (χ1n) is 11.7. The van der Waals surface area contributed by atoms with Crippen molar-refractivity contribution in [1.29, 1.82) is 0 Å². The normalized spacial score (nSPS) is 17.5. The fourth-order valence-corrected chi connectivity index (χ4v) is 5.00. The lowest BCUT2D eigenvalue weighted by Gasteiger charge is -2.39. The molecule has 0 N–H and O–H groups in total. The number of para-hydroxylation sites is 1. The van der Waals surface area contributed by atoms with E-state index in [1.54, 1.807) is 18.1 Å². The van der Waals surface area contributed by atoms with Gasteiger partial charge in [0, 0.05) is 31.7 Å². The summed E-state index contributed by atoms with van der Waals surface area (Å²) in [6.45, 7) is 2.39. The fraction of sp³-hybridized carbons (Fsp3) is 0.462. The van der Waals surface area contributed by atoms with Crippen LogP contribution in [-0.2, 0) is 22.4 Å². The number of ether oxygens (including phenoxy) is 2. The van der Waals surface area contributed by atoms with Crippen molar-refractivity contribution in [3.63, 3.8) is 0 Å². The highest BCUT2D eigenvalue weighted by Crippen LogP contribution is 2.41. The Balaban J connectivity index is 1.30. The van der Waals surface area contributed by atoms with Crippen LogP contribution in [0.4, 0.5) is 13.2 Å². The van der Waals surface area contributed by atoms with E-state index in [-0.39, 0.29) is 35.0 Å². The topological polar surface area (TPSA) is 59.1 Å². The predicted octanol–water partition coefficient (Wildman–Crippen LogP) is 4.22. The second-order valence-corrected chi connectivity index (χ2v) is 9.31. The molecule has 2 aliphatic heterocycles. The van der Waals surface area contributed by atoms with Crippen LogP contribution in [0.25, 0.3) is 0 Å². The summed E-state index contributed by atoms with van der Waals surface area (Å²) in [4.78, 5) is 29.3. The number of rotatable bonds is 6. The van der Waals surface area contributed by atoms with Gasteiger partial charge in [0.05, 0.1) is 20.0 Å². The molecule has 0 atom stereocenters. The third-order valence-electron chi connectivity index (χ3n) is 7.00. The van der Waals surface area contributed by atoms with Gasteiger partial charge >= 0.3 is 6.36 Å². The van der Waals surface area contributed by atoms with E-state index >= 15 is 0 Å². The Hall–Kier alpha value is -3.23. The summed E-state index contributed by atoms with van der Waals surface area (Å²) >= 11 is 0. The first kappa shape index (κ1) is 24.9. The molecule has 6 nitrogen and oxygen atoms in total. The van der Waals surface area contributed by atoms with Gasteiger partial charge in [0.1, 0.15) is 11.5 Å². The Bertz CT molecular complexity index is 1060. The van der Waals surface area contributed by atoms with Crippen molar-refractivity contribution in [1.82, 2.24) is 9.80 Å². The number of hydrogen-bond acceptors (Lipinski definition) is 4. The maximum atomic E-state index is 12.9. The second kappa shape index (κ2) is 10.2. The molecule has 2 fully saturated rings. The van der Waals surface area contributed by atoms with Crippen LogP contribution in [0.2, 0.25) is 0 Å². The average Bonchev–Trinajstić information content (AvgIpc) is 3.23. The molecule has 2 amide bonds. The maximum Gasteiger partial charge on any atom is 0.573 e. The van der Waals surface area contributed by atoms with Gasteiger partial charge in [-0.15, -0.1) is 13.2 Å². The van der Waals surface area contributed by atoms with E-state index in [0.717, 1.165) is 30.6 Å². The highest BCUT2D eigenvalue weighted by Gasteiger charge is 2.42. The molecule has 0 bridgehead atoms. The number of halogens is 3. The Morgan fingerprint density at radius 2 is 1.57 bits per heavy atom. The molecule has 35 heavy (non-hydrogen) atoms. The number of benzene rings is 2. The first-order valence-corrected chi connectivity index (χ1v) is 11.7. The molecule has 2 heterocycles. The summed E-state index contributed by atoms with van der Waals surface area (Å²) in [6, 6.07) is 13.2. The third-order valence-corrected chi connectivity index (χ3v) is 7.00. The van der Waals surface area contributed by atoms with E-state index in [1.807, 2.05) is 29.2 Å². The fourth-order valence-electron chi connectivity index (χ4n) is 5.00. The Morgan fingerprint density at radius 3 is 2.26 bits per heavy atom. The van der Waals surface area contributed by atoms with E-state index < -0.39 is 6.36 Å². The molecule has 9 heteroatoms. The molecular weight excluding hydrogens is 461 g/mol. The second-order valence-electron chi connectivity index (χ2n) is 9.31. The van der Waals surface area contributed by atoms with Crippen LogP contribution in [0, 0.1) is 5.41 Å². The van der Waals surface area contributed by atoms with Crippen LogP contribution in [0.3, 0.4) is 0 Å². The Morgan fingerprint density at radius 1 is 0.914 bits per heavy atom. The lowest BCUT2D eigenvalue weighted by Crippen LogP contribution is -2.45. The highest BCUT2D eigenvalue weighted by molar-refractivity contribution is 5.80. The van der Waals surface area contributed by atoms with Crippen LogP contribution in [0.5, 0.6) is 11.5 Å². The largest absolute Gasteiger partial charge is 0.573 e. The van der Waals surface area contributed by atoms with Crippen molar-refractivity contribution < 1.29 is 32.2 Å². The molecule has 0 unspecified atom stereocenters. The van der Waals surface area contributed by atoms with Crippen LogP contribution < -0.4 is 9.47 Å². The monoisotopic (exact) mass is 490 g/mol. The number of hydrogen-bond donors (Lipinski definition) is 0. The summed E-state index contributed by atoms with van der Waals surface area (Å²) in [5.41, 5.74) is 1.07. The van der Waals surface area contributed by atoms with E-state index in [4.69, 9.17) is 4.74 Å². The number of methoxy groups -OCH3 is 1. The zero-order chi connectivity index (χ0) is 25.1. The van der Waals surface area contributed by atoms with Crippen molar-refractivity contribution >= 4 is 11.8 Å². The molecular formula is C26H29F3N2O4. The minimum Gasteiger partial charge on any atom is -0.497 e. The van der Waals surface area contributed by atoms with Crippen molar-refractivity contribution in [2.24, 2.45) is 5.41 Å². The van der Waals surface area contributed by atoms with Gasteiger partial charge in [-0.25, -0.2) is 0 Å². The van der Waals surface area contributed by atoms with Gasteiger partial charge < -0.3 is 19.3 Å². The highest BCUT2D eigenvalue weighted by atomic mass is 19.4. The number of amides is 2. The summed E-state index contributed by atoms with van der Waals surface area (Å²) in [5, 5.41) is 0. The van der Waals surface area contributed by atoms with Crippen LogP contribution >= 0.6 is 0 Å². The standard InChI is InChI=1S/C26H29F3N2O4/c1-34-21-7-4-5-19(15-21)16-23(32)30-12-9-25(10-13-30)11-14-31(18-25)24(33)17-20-6-2-3-8-22(20)35-26(27,28)29/h2-8,15H,9-14,16-18H2,1H3. The number of likely N-dealkylation sites (tertiary alicyclic amines) is 2. The zero-order valence-corrected chi connectivity index (χ0v) is 19.6. The van der Waals surface area contributed by atoms with Crippen LogP contribution in [0.15, 0.2) is 48.5 Å². The number of nitrogens with zero attached hydrogens (tertiary/aromatic N) is 2. The van der Waals surface area contributed by atoms with Crippen molar-refractivity contribution in [2.75, 3.05) is 33.3 Å². The lowest BCUT2D eigenvalue weighted by atomic mass is 9.77. The summed E-state index contributed by atoms with van der Waals surface area (Å²) in [7, 11) is 1.59. The van der Waals surface area contributed by atoms with E-state index in [0.29, 0.717) is 32.6 Å². The van der Waals surface area contributed by atoms with Crippen LogP contribution in [0.1, 0.15) is 30.4 Å². The molecule has 188 valence electrons. The number of alkyl halides is 3. The van der Waals surface area contributed by atoms with Crippen molar-refractivity contribution in [3.8, 4) is 11.5 Å². The summed E-state index contributed by atoms with van der Waals surface area (Å²) in [5.74, 6) is 0.234. The molecule has 2 saturated heterocycles. The van der Waals surface area contributed by atoms with Gasteiger partial charge in [-0.05, 0) is 48.4 Å². The van der Waals surface area contributed by atoms with Gasteiger partial charge in [-0.3, -0.25) is 9.59 Å². The van der Waals surface area contributed by atoms with Gasteiger partial charge in [-0.1, -0.05) is 30.3 Å². The minimum atomic E-state index is -4.81. The Kier molecular flexibility index (Phi) is 7.23. The molecule has 0 radical (unpaired) electrons. The lowest BCUT2D eigenvalue weighted by molar-refractivity contribution is -0.274. The van der Waals surface area contributed by atoms with Gasteiger partial charge in [0.15, 0.2) is 0 Å². The number of carbonyl (C=O) groups excluding carboxylic acids is 2. The molecule has 2 aromatic carbocycles. The van der Waals surface area contributed by atoms with E-state index in [1.165, 1.54) is 18.2 Å². The Labute approximate surface area is 202 Å². The number of carbonyl (C=O) groups is 2. The molecule has 0 saturated carbocycles. The molecule has 4 rings (SSSR count). The van der Waals surface area contributed by atoms with Crippen molar-refractivity contribution in [3.05, 3.63) is 59.7 Å². The minimum absolute atomic E-state index is 0.0512. The zero-order valence-electron chi connectivity index (χ0n) is 19.6. The van der Waals surface area contributed by atoms with E-state index in [9.17, 15) is 22.8 Å². The van der Waals surface area contributed by atoms with Crippen LogP contribution in [-0.4, -0.2) is 61.3 Å².